The molecule has 10 nitrogen and oxygen atoms in total. The molecule has 0 fully saturated rings. The molecule has 1 radical (unpaired) electrons. The lowest BCUT2D eigenvalue weighted by Crippen LogP contribution is -2.26. The molecular weight excluding hydrogens is 628 g/mol. The lowest BCUT2D eigenvalue weighted by atomic mass is 10.2. The summed E-state index contributed by atoms with van der Waals surface area (Å²) in [5, 5.41) is 8.18. The van der Waals surface area contributed by atoms with E-state index in [1.165, 1.54) is 26.0 Å². The van der Waals surface area contributed by atoms with Crippen molar-refractivity contribution in [2.45, 2.75) is 26.9 Å². The molecule has 0 aliphatic rings. The maximum Gasteiger partial charge on any atom is 0.569 e. The lowest BCUT2D eigenvalue weighted by Gasteiger charge is -2.11. The molecule has 14 heteroatoms. The Morgan fingerprint density at radius 2 is 1.44 bits per heavy atom. The van der Waals surface area contributed by atoms with Crippen molar-refractivity contribution in [2.24, 2.45) is 0 Å². The highest BCUT2D eigenvalue weighted by atomic mass is 19.4. The van der Waals surface area contributed by atoms with E-state index in [4.69, 9.17) is 5.02 Å². The molecule has 0 bridgehead atoms. The summed E-state index contributed by atoms with van der Waals surface area (Å²) in [5.74, 6) is -0.707. The fourth-order valence-electron chi connectivity index (χ4n) is 4.46. The number of aryl methyl sites for hydroxylation is 1. The summed E-state index contributed by atoms with van der Waals surface area (Å²) in [6, 6.07) is 26.2. The Balaban J connectivity index is 0.000000170. The number of nitrogens with zero attached hydrogens (tertiary/aromatic N) is 3. The van der Waals surface area contributed by atoms with Crippen LogP contribution in [0.15, 0.2) is 107 Å². The van der Waals surface area contributed by atoms with Gasteiger partial charge in [-0.15, -0.1) is 0 Å². The van der Waals surface area contributed by atoms with E-state index in [-0.39, 0.29) is 34.3 Å². The van der Waals surface area contributed by atoms with Gasteiger partial charge in [-0.25, -0.2) is 9.97 Å². The van der Waals surface area contributed by atoms with Crippen molar-refractivity contribution in [1.82, 2.24) is 19.5 Å². The summed E-state index contributed by atoms with van der Waals surface area (Å²) in [7, 11) is 0.329. The molecule has 0 atom stereocenters. The van der Waals surface area contributed by atoms with Crippen molar-refractivity contribution in [3.8, 4) is 11.4 Å². The number of fused-ring (bicyclic) bond motifs is 2. The number of ketones is 2. The predicted molar refractivity (Wildman–Crippen MR) is 174 cm³/mol. The molecule has 2 heterocycles. The Kier molecular flexibility index (Phi) is 11.0. The number of benzene rings is 4. The number of hydrogen-bond donors (Lipinski definition) is 2. The first kappa shape index (κ1) is 35.0. The van der Waals surface area contributed by atoms with Gasteiger partial charge in [0.2, 0.25) is 0 Å². The minimum Gasteiger partial charge on any atom is -0.537 e. The molecule has 2 aromatic heterocycles. The van der Waals surface area contributed by atoms with Crippen LogP contribution in [0.5, 0.6) is 5.75 Å². The Morgan fingerprint density at radius 1 is 0.812 bits per heavy atom. The lowest BCUT2D eigenvalue weighted by molar-refractivity contribution is -0.137. The molecule has 48 heavy (non-hydrogen) atoms. The zero-order chi connectivity index (χ0) is 35.0. The van der Waals surface area contributed by atoms with Gasteiger partial charge in [0.05, 0.1) is 27.6 Å². The Hall–Kier alpha value is -5.89. The maximum absolute atomic E-state index is 12.6. The average Bonchev–Trinajstić information content (AvgIpc) is 3.04. The predicted octanol–water partition coefficient (Wildman–Crippen LogP) is 5.63. The number of para-hydroxylation sites is 4. The second-order valence-electron chi connectivity index (χ2n) is 10.2. The molecule has 6 aromatic rings. The number of Topliss-reactive ketones (excluding diaryl/α,β-unsaturated/α-hetero) is 2. The normalized spacial score (nSPS) is 10.7. The molecule has 0 saturated heterocycles. The summed E-state index contributed by atoms with van der Waals surface area (Å²) in [6.07, 6.45) is -4.39. The van der Waals surface area contributed by atoms with Gasteiger partial charge in [0.15, 0.2) is 23.0 Å². The molecule has 2 N–H and O–H groups in total. The van der Waals surface area contributed by atoms with Crippen molar-refractivity contribution in [3.05, 3.63) is 140 Å². The van der Waals surface area contributed by atoms with E-state index in [2.05, 4.69) is 19.6 Å². The third-order valence-electron chi connectivity index (χ3n) is 6.64. The number of carbonyl (C=O) groups is 2. The first-order valence-corrected chi connectivity index (χ1v) is 14.2. The van der Waals surface area contributed by atoms with Crippen LogP contribution in [0.2, 0.25) is 0 Å². The molecule has 0 amide bonds. The number of rotatable bonds is 5. The van der Waals surface area contributed by atoms with E-state index in [1.807, 2.05) is 49.4 Å². The highest BCUT2D eigenvalue weighted by molar-refractivity contribution is 6.17. The van der Waals surface area contributed by atoms with Gasteiger partial charge in [-0.3, -0.25) is 23.7 Å². The first-order valence-electron chi connectivity index (χ1n) is 14.2. The molecule has 0 saturated carbocycles. The Labute approximate surface area is 271 Å². The standard InChI is InChI=1S/C17H14N2O2.C10H8N2O2.C7H5BF3O2/c1-11-6-5-7-13(10-11)19-15-9-4-3-8-14(15)18-16(12(2)20)17(19)21;1-6(13)9-10(14)12-8-5-3-2-4-7(8)11-9;9-7(10,11)5-2-1-3-6(4-5)13-8-12/h3-10H,1-2H3;2-5H,1H3,(H,12,14);1-4,12H. The van der Waals surface area contributed by atoms with E-state index in [0.717, 1.165) is 23.4 Å². The van der Waals surface area contributed by atoms with Gasteiger partial charge in [-0.05, 0) is 67.1 Å². The minimum absolute atomic E-state index is 0.0322. The molecule has 0 aliphatic carbocycles. The van der Waals surface area contributed by atoms with Gasteiger partial charge in [-0.1, -0.05) is 42.5 Å². The van der Waals surface area contributed by atoms with E-state index >= 15 is 0 Å². The summed E-state index contributed by atoms with van der Waals surface area (Å²) >= 11 is 0. The third kappa shape index (κ3) is 8.47. The highest BCUT2D eigenvalue weighted by Gasteiger charge is 2.30. The Bertz CT molecular complexity index is 2230. The van der Waals surface area contributed by atoms with Crippen LogP contribution in [-0.2, 0) is 6.18 Å². The Morgan fingerprint density at radius 3 is 2.08 bits per heavy atom. The molecular formula is C34H27BF3N4O6. The second kappa shape index (κ2) is 15.1. The van der Waals surface area contributed by atoms with Crippen LogP contribution in [0.25, 0.3) is 27.8 Å². The van der Waals surface area contributed by atoms with Gasteiger partial charge >= 0.3 is 13.9 Å². The minimum atomic E-state index is -4.39. The van der Waals surface area contributed by atoms with Crippen molar-refractivity contribution < 1.29 is 32.4 Å². The number of halogens is 3. The molecule has 6 rings (SSSR count). The van der Waals surface area contributed by atoms with Crippen LogP contribution in [0.3, 0.4) is 0 Å². The molecule has 0 unspecified atom stereocenters. The zero-order valence-corrected chi connectivity index (χ0v) is 25.8. The van der Waals surface area contributed by atoms with Crippen LogP contribution < -0.4 is 15.8 Å². The van der Waals surface area contributed by atoms with Gasteiger partial charge in [0.1, 0.15) is 5.75 Å². The average molecular weight is 655 g/mol. The van der Waals surface area contributed by atoms with Crippen LogP contribution in [0, 0.1) is 6.92 Å². The van der Waals surface area contributed by atoms with Gasteiger partial charge < -0.3 is 14.7 Å². The summed E-state index contributed by atoms with van der Waals surface area (Å²) in [5.41, 5.74) is 2.67. The van der Waals surface area contributed by atoms with Crippen LogP contribution in [0.1, 0.15) is 46.0 Å². The van der Waals surface area contributed by atoms with Crippen molar-refractivity contribution in [3.63, 3.8) is 0 Å². The molecule has 4 aromatic carbocycles. The smallest absolute Gasteiger partial charge is 0.537 e. The number of hydrogen-bond acceptors (Lipinski definition) is 8. The fourth-order valence-corrected chi connectivity index (χ4v) is 4.46. The largest absolute Gasteiger partial charge is 0.569 e. The van der Waals surface area contributed by atoms with Crippen LogP contribution in [-0.4, -0.2) is 43.8 Å². The third-order valence-corrected chi connectivity index (χ3v) is 6.64. The van der Waals surface area contributed by atoms with Gasteiger partial charge in [-0.2, -0.15) is 13.2 Å². The number of aromatic nitrogens is 4. The van der Waals surface area contributed by atoms with E-state index < -0.39 is 17.3 Å². The number of nitrogens with one attached hydrogen (secondary N) is 1. The molecule has 0 aliphatic heterocycles. The fraction of sp³-hybridized carbons (Fsp3) is 0.118. The highest BCUT2D eigenvalue weighted by Crippen LogP contribution is 2.31. The molecule has 0 spiro atoms. The van der Waals surface area contributed by atoms with E-state index in [9.17, 15) is 32.3 Å². The van der Waals surface area contributed by atoms with Crippen molar-refractivity contribution >= 4 is 41.3 Å². The maximum atomic E-state index is 12.6. The summed E-state index contributed by atoms with van der Waals surface area (Å²) in [4.78, 5) is 57.4. The number of aromatic amines is 1. The summed E-state index contributed by atoms with van der Waals surface area (Å²) in [6.45, 7) is 4.65. The van der Waals surface area contributed by atoms with E-state index in [1.54, 1.807) is 34.9 Å². The number of carbonyl (C=O) groups excluding carboxylic acids is 2. The van der Waals surface area contributed by atoms with Gasteiger partial charge in [0.25, 0.3) is 11.1 Å². The van der Waals surface area contributed by atoms with E-state index in [0.29, 0.717) is 29.8 Å². The quantitative estimate of drug-likeness (QED) is 0.180. The van der Waals surface area contributed by atoms with Crippen molar-refractivity contribution in [1.29, 1.82) is 0 Å². The second-order valence-corrected chi connectivity index (χ2v) is 10.2. The zero-order valence-electron chi connectivity index (χ0n) is 25.8. The number of alkyl halides is 3. The monoisotopic (exact) mass is 655 g/mol. The van der Waals surface area contributed by atoms with Crippen molar-refractivity contribution in [2.75, 3.05) is 0 Å². The van der Waals surface area contributed by atoms with Gasteiger partial charge in [0, 0.05) is 19.5 Å². The number of H-pyrrole nitrogens is 1. The first-order chi connectivity index (χ1) is 22.8. The molecule has 243 valence electrons. The topological polar surface area (TPSA) is 144 Å². The van der Waals surface area contributed by atoms with Crippen LogP contribution >= 0.6 is 0 Å². The van der Waals surface area contributed by atoms with Crippen LogP contribution in [0.4, 0.5) is 13.2 Å². The summed E-state index contributed by atoms with van der Waals surface area (Å²) < 4.78 is 42.2. The SMILES string of the molecule is CC(=O)c1nc2ccccc2[nH]c1=O.CC(=O)c1nc2ccccc2n(-c2cccc(C)c2)c1=O.O[B]Oc1cccc(C(F)(F)F)c1.